The predicted octanol–water partition coefficient (Wildman–Crippen LogP) is 3.83. The molecule has 0 fully saturated rings. The van der Waals surface area contributed by atoms with Gasteiger partial charge in [0.1, 0.15) is 5.82 Å². The molecule has 2 rings (SSSR count). The van der Waals surface area contributed by atoms with E-state index in [4.69, 9.17) is 23.8 Å². The number of imidazole rings is 1. The van der Waals surface area contributed by atoms with E-state index in [9.17, 15) is 4.39 Å². The Balaban J connectivity index is 2.35. The Morgan fingerprint density at radius 3 is 2.68 bits per heavy atom. The highest BCUT2D eigenvalue weighted by Crippen LogP contribution is 2.22. The molecule has 1 aromatic carbocycles. The first-order chi connectivity index (χ1) is 9.06. The van der Waals surface area contributed by atoms with Gasteiger partial charge in [0.25, 0.3) is 0 Å². The van der Waals surface area contributed by atoms with E-state index in [1.807, 2.05) is 4.57 Å². The molecule has 0 spiro atoms. The van der Waals surface area contributed by atoms with E-state index in [0.29, 0.717) is 10.3 Å². The maximum atomic E-state index is 13.4. The summed E-state index contributed by atoms with van der Waals surface area (Å²) in [5.74, 6) is -0.429. The number of nitrogens with zero attached hydrogens (tertiary/aromatic N) is 2. The molecule has 0 bridgehead atoms. The number of hydrogen-bond acceptors (Lipinski definition) is 2. The topological polar surface area (TPSA) is 24.0 Å². The monoisotopic (exact) mass is 301 g/mol. The Kier molecular flexibility index (Phi) is 4.60. The third-order valence-corrected chi connectivity index (χ3v) is 3.96. The average molecular weight is 302 g/mol. The molecule has 0 aliphatic heterocycles. The zero-order valence-corrected chi connectivity index (χ0v) is 12.6. The lowest BCUT2D eigenvalue weighted by Gasteiger charge is -2.18. The van der Waals surface area contributed by atoms with E-state index < -0.39 is 5.82 Å². The summed E-state index contributed by atoms with van der Waals surface area (Å²) in [4.78, 5) is 5.33. The van der Waals surface area contributed by atoms with Crippen molar-refractivity contribution in [2.75, 3.05) is 19.6 Å². The van der Waals surface area contributed by atoms with Gasteiger partial charge in [0.15, 0.2) is 4.77 Å². The quantitative estimate of drug-likeness (QED) is 0.849. The minimum Gasteiger partial charge on any atom is -0.330 e. The zero-order valence-electron chi connectivity index (χ0n) is 11.0. The smallest absolute Gasteiger partial charge is 0.178 e. The van der Waals surface area contributed by atoms with Crippen LogP contribution in [-0.2, 0) is 6.54 Å². The first kappa shape index (κ1) is 14.5. The van der Waals surface area contributed by atoms with Crippen molar-refractivity contribution >= 4 is 34.9 Å². The molecular weight excluding hydrogens is 285 g/mol. The van der Waals surface area contributed by atoms with Crippen LogP contribution in [0.15, 0.2) is 12.1 Å². The van der Waals surface area contributed by atoms with Gasteiger partial charge in [-0.3, -0.25) is 0 Å². The molecule has 104 valence electrons. The lowest BCUT2D eigenvalue weighted by Crippen LogP contribution is -2.27. The fraction of sp³-hybridized carbons (Fsp3) is 0.462. The van der Waals surface area contributed by atoms with Crippen molar-refractivity contribution in [1.82, 2.24) is 14.5 Å². The molecule has 0 aliphatic carbocycles. The Bertz CT molecular complexity index is 631. The van der Waals surface area contributed by atoms with E-state index in [2.05, 4.69) is 23.7 Å². The summed E-state index contributed by atoms with van der Waals surface area (Å²) in [5.41, 5.74) is 1.54. The largest absolute Gasteiger partial charge is 0.330 e. The van der Waals surface area contributed by atoms with Crippen molar-refractivity contribution in [2.45, 2.75) is 20.4 Å². The van der Waals surface area contributed by atoms with Crippen LogP contribution in [0.2, 0.25) is 5.02 Å². The Morgan fingerprint density at radius 2 is 2.05 bits per heavy atom. The number of rotatable bonds is 5. The molecule has 1 heterocycles. The fourth-order valence-corrected chi connectivity index (χ4v) is 2.61. The Labute approximate surface area is 122 Å². The number of hydrogen-bond donors (Lipinski definition) is 1. The molecule has 1 N–H and O–H groups in total. The number of aromatic amines is 1. The van der Waals surface area contributed by atoms with Gasteiger partial charge in [0.2, 0.25) is 0 Å². The molecule has 19 heavy (non-hydrogen) atoms. The number of halogens is 2. The molecule has 0 atom stereocenters. The van der Waals surface area contributed by atoms with Gasteiger partial charge in [-0.1, -0.05) is 25.4 Å². The second-order valence-corrected chi connectivity index (χ2v) is 5.19. The Hall–Kier alpha value is -0.910. The number of likely N-dealkylation sites (N-methyl/N-ethyl adjacent to an activating group) is 1. The van der Waals surface area contributed by atoms with Gasteiger partial charge in [0.05, 0.1) is 16.1 Å². The number of aromatic nitrogens is 2. The van der Waals surface area contributed by atoms with Crippen LogP contribution in [0.4, 0.5) is 4.39 Å². The third-order valence-electron chi connectivity index (χ3n) is 3.35. The molecule has 0 saturated heterocycles. The van der Waals surface area contributed by atoms with Crippen LogP contribution in [0, 0.1) is 10.6 Å². The van der Waals surface area contributed by atoms with Gasteiger partial charge in [-0.25, -0.2) is 4.39 Å². The molecule has 6 heteroatoms. The van der Waals surface area contributed by atoms with Crippen molar-refractivity contribution in [3.63, 3.8) is 0 Å². The first-order valence-electron chi connectivity index (χ1n) is 6.36. The number of nitrogens with one attached hydrogen (secondary N) is 1. The van der Waals surface area contributed by atoms with Gasteiger partial charge >= 0.3 is 0 Å². The molecule has 3 nitrogen and oxygen atoms in total. The highest BCUT2D eigenvalue weighted by molar-refractivity contribution is 7.71. The van der Waals surface area contributed by atoms with Crippen LogP contribution >= 0.6 is 23.8 Å². The fourth-order valence-electron chi connectivity index (χ4n) is 2.16. The molecule has 2 aromatic rings. The van der Waals surface area contributed by atoms with Gasteiger partial charge in [-0.2, -0.15) is 0 Å². The highest BCUT2D eigenvalue weighted by atomic mass is 35.5. The summed E-state index contributed by atoms with van der Waals surface area (Å²) in [6.45, 7) is 7.93. The standard InChI is InChI=1S/C13H17ClFN3S/c1-3-17(4-2)5-6-18-12-7-9(14)10(15)8-11(12)16-13(18)19/h7-8H,3-6H2,1-2H3,(H,16,19). The van der Waals surface area contributed by atoms with Crippen LogP contribution in [0.25, 0.3) is 11.0 Å². The molecule has 0 unspecified atom stereocenters. The zero-order chi connectivity index (χ0) is 14.0. The second-order valence-electron chi connectivity index (χ2n) is 4.39. The number of H-pyrrole nitrogens is 1. The van der Waals surface area contributed by atoms with Crippen molar-refractivity contribution in [1.29, 1.82) is 0 Å². The van der Waals surface area contributed by atoms with E-state index in [1.165, 1.54) is 6.07 Å². The molecule has 0 amide bonds. The van der Waals surface area contributed by atoms with Gasteiger partial charge < -0.3 is 14.5 Å². The molecule has 0 aliphatic rings. The van der Waals surface area contributed by atoms with Crippen LogP contribution in [0.3, 0.4) is 0 Å². The minimum absolute atomic E-state index is 0.123. The maximum Gasteiger partial charge on any atom is 0.178 e. The van der Waals surface area contributed by atoms with E-state index >= 15 is 0 Å². The molecular formula is C13H17ClFN3S. The summed E-state index contributed by atoms with van der Waals surface area (Å²) in [6.07, 6.45) is 0. The van der Waals surface area contributed by atoms with Crippen LogP contribution in [-0.4, -0.2) is 34.1 Å². The average Bonchev–Trinajstić information content (AvgIpc) is 2.67. The minimum atomic E-state index is -0.429. The summed E-state index contributed by atoms with van der Waals surface area (Å²) < 4.78 is 16.0. The second kappa shape index (κ2) is 6.03. The SMILES string of the molecule is CCN(CC)CCn1c(=S)[nH]c2cc(F)c(Cl)cc21. The van der Waals surface area contributed by atoms with E-state index in [1.54, 1.807) is 6.07 Å². The highest BCUT2D eigenvalue weighted by Gasteiger charge is 2.09. The van der Waals surface area contributed by atoms with E-state index in [-0.39, 0.29) is 5.02 Å². The van der Waals surface area contributed by atoms with Crippen molar-refractivity contribution in [3.8, 4) is 0 Å². The van der Waals surface area contributed by atoms with Crippen LogP contribution in [0.1, 0.15) is 13.8 Å². The first-order valence-corrected chi connectivity index (χ1v) is 7.15. The Morgan fingerprint density at radius 1 is 1.37 bits per heavy atom. The van der Waals surface area contributed by atoms with Crippen molar-refractivity contribution in [2.24, 2.45) is 0 Å². The molecule has 0 radical (unpaired) electrons. The van der Waals surface area contributed by atoms with Gasteiger partial charge in [-0.05, 0) is 31.4 Å². The normalized spacial score (nSPS) is 11.6. The maximum absolute atomic E-state index is 13.4. The summed E-state index contributed by atoms with van der Waals surface area (Å²) >= 11 is 11.1. The van der Waals surface area contributed by atoms with Gasteiger partial charge in [0, 0.05) is 19.2 Å². The summed E-state index contributed by atoms with van der Waals surface area (Å²) in [6, 6.07) is 3.02. The summed E-state index contributed by atoms with van der Waals surface area (Å²) in [5, 5.41) is 0.123. The van der Waals surface area contributed by atoms with Crippen molar-refractivity contribution < 1.29 is 4.39 Å². The van der Waals surface area contributed by atoms with E-state index in [0.717, 1.165) is 31.7 Å². The predicted molar refractivity (Wildman–Crippen MR) is 79.9 cm³/mol. The van der Waals surface area contributed by atoms with Crippen molar-refractivity contribution in [3.05, 3.63) is 27.7 Å². The third kappa shape index (κ3) is 2.99. The molecule has 0 saturated carbocycles. The number of fused-ring (bicyclic) bond motifs is 1. The number of benzene rings is 1. The van der Waals surface area contributed by atoms with Crippen LogP contribution in [0.5, 0.6) is 0 Å². The van der Waals surface area contributed by atoms with Crippen LogP contribution < -0.4 is 0 Å². The lowest BCUT2D eigenvalue weighted by molar-refractivity contribution is 0.291. The lowest BCUT2D eigenvalue weighted by atomic mass is 10.3. The molecule has 1 aromatic heterocycles. The van der Waals surface area contributed by atoms with Gasteiger partial charge in [-0.15, -0.1) is 0 Å². The summed E-state index contributed by atoms with van der Waals surface area (Å²) in [7, 11) is 0.